The van der Waals surface area contributed by atoms with Crippen LogP contribution in [0.2, 0.25) is 0 Å². The van der Waals surface area contributed by atoms with Gasteiger partial charge >= 0.3 is 23.5 Å². The minimum atomic E-state index is -5.56. The van der Waals surface area contributed by atoms with Crippen molar-refractivity contribution in [3.8, 4) is 0 Å². The molecule has 55 heavy (non-hydrogen) atoms. The number of imidazole rings is 1. The van der Waals surface area contributed by atoms with Crippen molar-refractivity contribution in [1.29, 1.82) is 0 Å². The summed E-state index contributed by atoms with van der Waals surface area (Å²) in [5, 5.41) is 26.5. The molecule has 1 aliphatic carbocycles. The van der Waals surface area contributed by atoms with E-state index in [-0.39, 0.29) is 41.6 Å². The van der Waals surface area contributed by atoms with Gasteiger partial charge in [-0.3, -0.25) is 32.5 Å². The smallest absolute Gasteiger partial charge is 0.386 e. The molecule has 0 aromatic carbocycles. The van der Waals surface area contributed by atoms with E-state index in [0.29, 0.717) is 18.1 Å². The highest BCUT2D eigenvalue weighted by Gasteiger charge is 2.50. The number of hydrogen-bond donors (Lipinski definition) is 9. The highest BCUT2D eigenvalue weighted by atomic mass is 32.2. The van der Waals surface area contributed by atoms with Gasteiger partial charge in [-0.2, -0.15) is 4.31 Å². The van der Waals surface area contributed by atoms with Gasteiger partial charge in [0, 0.05) is 37.1 Å². The van der Waals surface area contributed by atoms with Crippen molar-refractivity contribution in [1.82, 2.24) is 30.2 Å². The van der Waals surface area contributed by atoms with Gasteiger partial charge in [0.1, 0.15) is 36.3 Å². The molecule has 3 unspecified atom stereocenters. The first kappa shape index (κ1) is 45.3. The summed E-state index contributed by atoms with van der Waals surface area (Å²) >= 11 is 1.15. The second kappa shape index (κ2) is 18.9. The standard InChI is InChI=1S/C27H44N7O17P3S/c1-27(2,22(38)25(39)30-7-6-17(35)29-8-9-55-18(36)10-15-4-3-5-15)12-48-54(45,46)51-53(43,44)47-11-16-21(50-52(40,41)42)20(37)26(49-16)34-14-33-19-23(28)31-13-32-24(19)34/h13-16,20-22,26,37-38H,3-12H2,1-2H3,(H,29,35)(H,30,39)(H,43,44)(H,45,46)(H2,28,31,32)(H2,40,41,42)/t16-,20-,21-,22?,26-/m1/s1. The summed E-state index contributed by atoms with van der Waals surface area (Å²) in [5.41, 5.74) is 4.28. The Balaban J connectivity index is 1.23. The molecule has 10 N–H and O–H groups in total. The van der Waals surface area contributed by atoms with Crippen LogP contribution < -0.4 is 16.4 Å². The molecule has 4 rings (SSSR count). The monoisotopic (exact) mass is 863 g/mol. The van der Waals surface area contributed by atoms with Crippen LogP contribution in [0.15, 0.2) is 12.7 Å². The number of thioether (sulfide) groups is 1. The van der Waals surface area contributed by atoms with Crippen LogP contribution >= 0.6 is 35.2 Å². The predicted octanol–water partition coefficient (Wildman–Crippen LogP) is -0.145. The summed E-state index contributed by atoms with van der Waals surface area (Å²) < 4.78 is 62.1. The van der Waals surface area contributed by atoms with Crippen LogP contribution in [0, 0.1) is 11.3 Å². The molecule has 0 radical (unpaired) electrons. The molecule has 2 fully saturated rings. The van der Waals surface area contributed by atoms with Gasteiger partial charge in [0.05, 0.1) is 19.5 Å². The summed E-state index contributed by atoms with van der Waals surface area (Å²) in [6, 6.07) is 0. The third kappa shape index (κ3) is 13.3. The van der Waals surface area contributed by atoms with E-state index >= 15 is 0 Å². The number of aromatic nitrogens is 4. The van der Waals surface area contributed by atoms with Gasteiger partial charge in [0.15, 0.2) is 22.8 Å². The Hall–Kier alpha value is -2.44. The molecule has 2 aromatic heterocycles. The van der Waals surface area contributed by atoms with Gasteiger partial charge in [0.2, 0.25) is 11.8 Å². The normalized spacial score (nSPS) is 23.4. The molecule has 28 heteroatoms. The lowest BCUT2D eigenvalue weighted by atomic mass is 9.83. The predicted molar refractivity (Wildman–Crippen MR) is 189 cm³/mol. The van der Waals surface area contributed by atoms with Crippen molar-refractivity contribution in [3.63, 3.8) is 0 Å². The number of amides is 2. The molecule has 24 nitrogen and oxygen atoms in total. The summed E-state index contributed by atoms with van der Waals surface area (Å²) in [6.07, 6.45) is -3.07. The Bertz CT molecular complexity index is 1830. The van der Waals surface area contributed by atoms with Gasteiger partial charge < -0.3 is 50.9 Å². The van der Waals surface area contributed by atoms with Crippen molar-refractivity contribution in [3.05, 3.63) is 12.7 Å². The van der Waals surface area contributed by atoms with Gasteiger partial charge in [-0.1, -0.05) is 32.0 Å². The second-order valence-corrected chi connectivity index (χ2v) is 18.7. The fourth-order valence-electron chi connectivity index (χ4n) is 5.29. The van der Waals surface area contributed by atoms with Crippen molar-refractivity contribution < 1.29 is 80.5 Å². The lowest BCUT2D eigenvalue weighted by Gasteiger charge is -2.30. The van der Waals surface area contributed by atoms with Crippen LogP contribution in [-0.2, 0) is 50.7 Å². The molecule has 1 saturated heterocycles. The first-order valence-corrected chi connectivity index (χ1v) is 22.1. The minimum absolute atomic E-state index is 0.0329. The first-order valence-electron chi connectivity index (χ1n) is 16.6. The number of aliphatic hydroxyl groups is 2. The average Bonchev–Trinajstić information content (AvgIpc) is 3.62. The summed E-state index contributed by atoms with van der Waals surface area (Å²) in [6.45, 7) is 0.578. The number of phosphoric acid groups is 3. The summed E-state index contributed by atoms with van der Waals surface area (Å²) in [7, 11) is -16.4. The largest absolute Gasteiger partial charge is 0.481 e. The molecule has 0 spiro atoms. The molecule has 3 heterocycles. The Morgan fingerprint density at radius 3 is 2.42 bits per heavy atom. The quantitative estimate of drug-likeness (QED) is 0.0582. The molecular formula is C27H44N7O17P3S. The van der Waals surface area contributed by atoms with Gasteiger partial charge in [-0.15, -0.1) is 0 Å². The molecular weight excluding hydrogens is 819 g/mol. The molecule has 7 atom stereocenters. The number of anilines is 1. The minimum Gasteiger partial charge on any atom is -0.386 e. The van der Waals surface area contributed by atoms with E-state index < -0.39 is 84.6 Å². The Kier molecular flexibility index (Phi) is 15.5. The summed E-state index contributed by atoms with van der Waals surface area (Å²) in [5.74, 6) is -0.563. The fourth-order valence-corrected chi connectivity index (χ4v) is 8.90. The maximum absolute atomic E-state index is 12.7. The zero-order valence-electron chi connectivity index (χ0n) is 29.5. The zero-order valence-corrected chi connectivity index (χ0v) is 33.0. The Labute approximate surface area is 317 Å². The van der Waals surface area contributed by atoms with Crippen LogP contribution in [0.4, 0.5) is 5.82 Å². The van der Waals surface area contributed by atoms with E-state index in [1.165, 1.54) is 13.8 Å². The fraction of sp³-hybridized carbons (Fsp3) is 0.704. The van der Waals surface area contributed by atoms with E-state index in [1.807, 2.05) is 0 Å². The number of fused-ring (bicyclic) bond motifs is 1. The van der Waals surface area contributed by atoms with Crippen LogP contribution in [0.1, 0.15) is 52.2 Å². The van der Waals surface area contributed by atoms with Crippen molar-refractivity contribution in [2.45, 2.75) is 76.6 Å². The van der Waals surface area contributed by atoms with Gasteiger partial charge in [-0.25, -0.2) is 28.6 Å². The number of nitrogen functional groups attached to an aromatic ring is 1. The number of carbonyl (C=O) groups excluding carboxylic acids is 3. The average molecular weight is 864 g/mol. The van der Waals surface area contributed by atoms with Crippen molar-refractivity contribution >= 4 is 69.1 Å². The Morgan fingerprint density at radius 1 is 1.07 bits per heavy atom. The molecule has 2 aliphatic rings. The maximum atomic E-state index is 12.7. The number of nitrogens with one attached hydrogen (secondary N) is 2. The molecule has 1 saturated carbocycles. The Morgan fingerprint density at radius 2 is 1.76 bits per heavy atom. The third-order valence-electron chi connectivity index (χ3n) is 8.44. The van der Waals surface area contributed by atoms with E-state index in [2.05, 4.69) is 34.4 Å². The zero-order chi connectivity index (χ0) is 40.8. The number of nitrogens with zero attached hydrogens (tertiary/aromatic N) is 4. The number of carbonyl (C=O) groups is 3. The first-order chi connectivity index (χ1) is 25.6. The molecule has 0 bridgehead atoms. The number of phosphoric ester groups is 3. The van der Waals surface area contributed by atoms with Crippen LogP contribution in [0.25, 0.3) is 11.2 Å². The number of rotatable bonds is 21. The van der Waals surface area contributed by atoms with Crippen molar-refractivity contribution in [2.24, 2.45) is 11.3 Å². The van der Waals surface area contributed by atoms with E-state index in [0.717, 1.165) is 48.2 Å². The highest BCUT2D eigenvalue weighted by Crippen LogP contribution is 2.61. The number of ether oxygens (including phenoxy) is 1. The highest BCUT2D eigenvalue weighted by molar-refractivity contribution is 8.13. The topological polar surface area (TPSA) is 364 Å². The van der Waals surface area contributed by atoms with Gasteiger partial charge in [0.25, 0.3) is 0 Å². The van der Waals surface area contributed by atoms with Crippen LogP contribution in [0.3, 0.4) is 0 Å². The SMILES string of the molecule is CC(C)(COP(=O)(O)OP(=O)(O)OC[C@H]1O[C@@H](n2cnc3c(N)ncnc32)[C@H](O)[C@@H]1OP(=O)(O)O)C(O)C(=O)NCCC(=O)NCCSC(=O)CC1CCC1. The van der Waals surface area contributed by atoms with Crippen LogP contribution in [0.5, 0.6) is 0 Å². The molecule has 2 amide bonds. The lowest BCUT2D eigenvalue weighted by molar-refractivity contribution is -0.137. The maximum Gasteiger partial charge on any atom is 0.481 e. The van der Waals surface area contributed by atoms with Crippen molar-refractivity contribution in [2.75, 3.05) is 37.8 Å². The van der Waals surface area contributed by atoms with Crippen LogP contribution in [-0.4, -0.2) is 123 Å². The van der Waals surface area contributed by atoms with E-state index in [4.69, 9.17) is 19.5 Å². The van der Waals surface area contributed by atoms with Gasteiger partial charge in [-0.05, 0) is 18.8 Å². The third-order valence-corrected chi connectivity index (χ3v) is 12.4. The number of nitrogens with two attached hydrogens (primary N) is 1. The number of aliphatic hydroxyl groups excluding tert-OH is 2. The molecule has 2 aromatic rings. The number of hydrogen-bond acceptors (Lipinski definition) is 18. The van der Waals surface area contributed by atoms with E-state index in [1.54, 1.807) is 0 Å². The second-order valence-electron chi connectivity index (χ2n) is 13.3. The van der Waals surface area contributed by atoms with E-state index in [9.17, 15) is 57.9 Å². The lowest BCUT2D eigenvalue weighted by Crippen LogP contribution is -2.46. The summed E-state index contributed by atoms with van der Waals surface area (Å²) in [4.78, 5) is 87.5. The molecule has 310 valence electrons. The molecule has 1 aliphatic heterocycles.